The highest BCUT2D eigenvalue weighted by Crippen LogP contribution is 2.29. The molecule has 210 valence electrons. The number of ether oxygens (including phenoxy) is 1. The number of carbonyl (C=O) groups is 2. The molecule has 4 aromatic carbocycles. The van der Waals surface area contributed by atoms with Crippen LogP contribution in [0.4, 0.5) is 11.4 Å². The maximum Gasteiger partial charge on any atom is 0.255 e. The van der Waals surface area contributed by atoms with Crippen molar-refractivity contribution in [2.45, 2.75) is 13.0 Å². The number of nitrogens with one attached hydrogen (secondary N) is 2. The number of benzene rings is 4. The number of nitrogens with zero attached hydrogens (tertiary/aromatic N) is 2. The van der Waals surface area contributed by atoms with E-state index < -0.39 is 0 Å². The first-order valence-corrected chi connectivity index (χ1v) is 14.1. The zero-order valence-electron chi connectivity index (χ0n) is 23.3. The van der Waals surface area contributed by atoms with Crippen LogP contribution in [0.3, 0.4) is 0 Å². The van der Waals surface area contributed by atoms with Crippen LogP contribution in [0.2, 0.25) is 0 Å². The van der Waals surface area contributed by atoms with Gasteiger partial charge in [-0.2, -0.15) is 0 Å². The van der Waals surface area contributed by atoms with Crippen LogP contribution in [0.15, 0.2) is 109 Å². The molecule has 0 radical (unpaired) electrons. The Bertz CT molecular complexity index is 1360. The van der Waals surface area contributed by atoms with E-state index in [0.717, 1.165) is 31.9 Å². The van der Waals surface area contributed by atoms with Crippen LogP contribution in [0.25, 0.3) is 0 Å². The molecule has 0 aromatic heterocycles. The summed E-state index contributed by atoms with van der Waals surface area (Å²) >= 11 is 0. The van der Waals surface area contributed by atoms with E-state index in [4.69, 9.17) is 4.74 Å². The highest BCUT2D eigenvalue weighted by Gasteiger charge is 2.27. The Balaban J connectivity index is 1.11. The van der Waals surface area contributed by atoms with Crippen LogP contribution in [-0.2, 0) is 4.79 Å². The minimum atomic E-state index is -0.214. The van der Waals surface area contributed by atoms with Crippen LogP contribution in [0, 0.1) is 0 Å². The van der Waals surface area contributed by atoms with Gasteiger partial charge in [-0.3, -0.25) is 19.4 Å². The first-order valence-electron chi connectivity index (χ1n) is 14.1. The smallest absolute Gasteiger partial charge is 0.255 e. The van der Waals surface area contributed by atoms with Gasteiger partial charge in [0.05, 0.1) is 19.2 Å². The summed E-state index contributed by atoms with van der Waals surface area (Å²) in [5, 5.41) is 5.85. The molecule has 1 aliphatic heterocycles. The molecule has 2 amide bonds. The van der Waals surface area contributed by atoms with Gasteiger partial charge >= 0.3 is 0 Å². The lowest BCUT2D eigenvalue weighted by Crippen LogP contribution is -2.49. The zero-order chi connectivity index (χ0) is 28.4. The van der Waals surface area contributed by atoms with Crippen LogP contribution >= 0.6 is 0 Å². The van der Waals surface area contributed by atoms with Crippen LogP contribution in [0.5, 0.6) is 5.75 Å². The molecule has 0 aliphatic carbocycles. The van der Waals surface area contributed by atoms with Crippen molar-refractivity contribution in [2.24, 2.45) is 0 Å². The predicted molar refractivity (Wildman–Crippen MR) is 163 cm³/mol. The Kier molecular flexibility index (Phi) is 9.41. The maximum atomic E-state index is 12.8. The highest BCUT2D eigenvalue weighted by molar-refractivity contribution is 6.04. The number of carbonyl (C=O) groups excluding carboxylic acids is 2. The molecule has 7 heteroatoms. The molecule has 0 atom stereocenters. The summed E-state index contributed by atoms with van der Waals surface area (Å²) in [4.78, 5) is 30.1. The zero-order valence-corrected chi connectivity index (χ0v) is 23.3. The molecule has 2 N–H and O–H groups in total. The van der Waals surface area contributed by atoms with E-state index in [0.29, 0.717) is 30.1 Å². The molecule has 0 saturated carbocycles. The number of hydrogen-bond donors (Lipinski definition) is 2. The summed E-state index contributed by atoms with van der Waals surface area (Å²) in [6.07, 6.45) is 0. The Morgan fingerprint density at radius 2 is 1.24 bits per heavy atom. The second-order valence-electron chi connectivity index (χ2n) is 10.1. The minimum absolute atomic E-state index is 0.0623. The van der Waals surface area contributed by atoms with Gasteiger partial charge in [0.25, 0.3) is 5.91 Å². The number of piperazine rings is 1. The topological polar surface area (TPSA) is 73.9 Å². The summed E-state index contributed by atoms with van der Waals surface area (Å²) in [5.41, 5.74) is 4.43. The van der Waals surface area contributed by atoms with Crippen molar-refractivity contribution in [3.8, 4) is 5.75 Å². The number of hydrogen-bond acceptors (Lipinski definition) is 5. The third-order valence-corrected chi connectivity index (χ3v) is 7.22. The molecule has 0 spiro atoms. The standard InChI is InChI=1S/C34H36N4O3/c1-2-41-31-19-17-30(18-20-31)36-34(40)28-13-15-29(16-14-28)35-32(39)25-37-21-23-38(24-22-37)33(26-9-5-3-6-10-26)27-11-7-4-8-12-27/h3-20,33H,2,21-25H2,1H3,(H,35,39)(H,36,40). The Hall–Kier alpha value is -4.46. The predicted octanol–water partition coefficient (Wildman–Crippen LogP) is 5.68. The first kappa shape index (κ1) is 28.1. The molecule has 1 heterocycles. The minimum Gasteiger partial charge on any atom is -0.494 e. The van der Waals surface area contributed by atoms with Crippen molar-refractivity contribution in [1.29, 1.82) is 0 Å². The maximum absolute atomic E-state index is 12.8. The van der Waals surface area contributed by atoms with Crippen LogP contribution < -0.4 is 15.4 Å². The van der Waals surface area contributed by atoms with Gasteiger partial charge in [0.15, 0.2) is 0 Å². The number of anilines is 2. The van der Waals surface area contributed by atoms with Gasteiger partial charge in [0.1, 0.15) is 5.75 Å². The van der Waals surface area contributed by atoms with E-state index in [2.05, 4.69) is 69.0 Å². The molecular weight excluding hydrogens is 512 g/mol. The fourth-order valence-electron chi connectivity index (χ4n) is 5.18. The molecule has 1 saturated heterocycles. The van der Waals surface area contributed by atoms with E-state index in [1.165, 1.54) is 11.1 Å². The lowest BCUT2D eigenvalue weighted by Gasteiger charge is -2.39. The van der Waals surface area contributed by atoms with E-state index in [-0.39, 0.29) is 17.9 Å². The number of rotatable bonds is 10. The SMILES string of the molecule is CCOc1ccc(NC(=O)c2ccc(NC(=O)CN3CCN(C(c4ccccc4)c4ccccc4)CC3)cc2)cc1. The summed E-state index contributed by atoms with van der Waals surface area (Å²) in [5.74, 6) is 0.484. The highest BCUT2D eigenvalue weighted by atomic mass is 16.5. The third-order valence-electron chi connectivity index (χ3n) is 7.22. The Morgan fingerprint density at radius 3 is 1.80 bits per heavy atom. The van der Waals surface area contributed by atoms with Gasteiger partial charge in [-0.25, -0.2) is 0 Å². The molecule has 4 aromatic rings. The molecule has 41 heavy (non-hydrogen) atoms. The third kappa shape index (κ3) is 7.60. The summed E-state index contributed by atoms with van der Waals surface area (Å²) < 4.78 is 5.44. The van der Waals surface area contributed by atoms with Gasteiger partial charge in [0.2, 0.25) is 5.91 Å². The molecular formula is C34H36N4O3. The lowest BCUT2D eigenvalue weighted by atomic mass is 9.96. The molecule has 1 fully saturated rings. The quantitative estimate of drug-likeness (QED) is 0.267. The van der Waals surface area contributed by atoms with Gasteiger partial charge < -0.3 is 15.4 Å². The van der Waals surface area contributed by atoms with Crippen molar-refractivity contribution in [1.82, 2.24) is 9.80 Å². The van der Waals surface area contributed by atoms with Crippen molar-refractivity contribution >= 4 is 23.2 Å². The van der Waals surface area contributed by atoms with Crippen molar-refractivity contribution in [3.63, 3.8) is 0 Å². The van der Waals surface area contributed by atoms with Gasteiger partial charge in [-0.05, 0) is 66.6 Å². The van der Waals surface area contributed by atoms with Crippen LogP contribution in [-0.4, -0.2) is 60.9 Å². The van der Waals surface area contributed by atoms with Gasteiger partial charge in [0, 0.05) is 43.1 Å². The summed E-state index contributed by atoms with van der Waals surface area (Å²) in [6.45, 7) is 6.23. The molecule has 1 aliphatic rings. The van der Waals surface area contributed by atoms with Crippen molar-refractivity contribution < 1.29 is 14.3 Å². The van der Waals surface area contributed by atoms with Gasteiger partial charge in [-0.1, -0.05) is 60.7 Å². The summed E-state index contributed by atoms with van der Waals surface area (Å²) in [6, 6.07) is 35.6. The molecule has 7 nitrogen and oxygen atoms in total. The summed E-state index contributed by atoms with van der Waals surface area (Å²) in [7, 11) is 0. The molecule has 0 unspecified atom stereocenters. The second-order valence-corrected chi connectivity index (χ2v) is 10.1. The van der Waals surface area contributed by atoms with Crippen molar-refractivity contribution in [2.75, 3.05) is 50.0 Å². The second kappa shape index (κ2) is 13.7. The van der Waals surface area contributed by atoms with Crippen LogP contribution in [0.1, 0.15) is 34.5 Å². The lowest BCUT2D eigenvalue weighted by molar-refractivity contribution is -0.117. The van der Waals surface area contributed by atoms with Gasteiger partial charge in [-0.15, -0.1) is 0 Å². The average molecular weight is 549 g/mol. The fourth-order valence-corrected chi connectivity index (χ4v) is 5.18. The monoisotopic (exact) mass is 548 g/mol. The molecule has 0 bridgehead atoms. The van der Waals surface area contributed by atoms with Crippen molar-refractivity contribution in [3.05, 3.63) is 126 Å². The van der Waals surface area contributed by atoms with E-state index in [1.807, 2.05) is 31.2 Å². The normalized spacial score (nSPS) is 14.0. The van der Waals surface area contributed by atoms with E-state index in [9.17, 15) is 9.59 Å². The fraction of sp³-hybridized carbons (Fsp3) is 0.235. The Morgan fingerprint density at radius 1 is 0.707 bits per heavy atom. The Labute approximate surface area is 241 Å². The van der Waals surface area contributed by atoms with E-state index >= 15 is 0 Å². The largest absolute Gasteiger partial charge is 0.494 e. The molecule has 5 rings (SSSR count). The van der Waals surface area contributed by atoms with E-state index in [1.54, 1.807) is 36.4 Å². The first-order chi connectivity index (χ1) is 20.1. The number of amides is 2. The average Bonchev–Trinajstić information content (AvgIpc) is 3.01.